The number of hydrogen-bond acceptors (Lipinski definition) is 5. The molecule has 2 aromatic rings. The van der Waals surface area contributed by atoms with Crippen molar-refractivity contribution in [3.8, 4) is 0 Å². The molecule has 0 aliphatic carbocycles. The highest BCUT2D eigenvalue weighted by molar-refractivity contribution is 8.00. The van der Waals surface area contributed by atoms with Crippen molar-refractivity contribution in [1.29, 1.82) is 0 Å². The van der Waals surface area contributed by atoms with E-state index in [0.29, 0.717) is 13.0 Å². The molecule has 18 heavy (non-hydrogen) atoms. The predicted octanol–water partition coefficient (Wildman–Crippen LogP) is 2.57. The zero-order chi connectivity index (χ0) is 13.0. The maximum atomic E-state index is 11.6. The summed E-state index contributed by atoms with van der Waals surface area (Å²) in [5, 5.41) is 5.84. The molecule has 0 saturated carbocycles. The van der Waals surface area contributed by atoms with Gasteiger partial charge in [-0.1, -0.05) is 11.8 Å². The fraction of sp³-hybridized carbons (Fsp3) is 0.333. The maximum absolute atomic E-state index is 11.6. The standard InChI is InChI=1S/C12H15N3OS2/c1-13-6-5-11(16)14-8-3-4-9-10(7-8)18-12(15-9)17-2/h3-4,7,13H,5-6H2,1-2H3,(H,14,16). The smallest absolute Gasteiger partial charge is 0.225 e. The van der Waals surface area contributed by atoms with Gasteiger partial charge < -0.3 is 10.6 Å². The van der Waals surface area contributed by atoms with Gasteiger partial charge in [-0.3, -0.25) is 4.79 Å². The van der Waals surface area contributed by atoms with Crippen molar-refractivity contribution in [1.82, 2.24) is 10.3 Å². The summed E-state index contributed by atoms with van der Waals surface area (Å²) in [6.45, 7) is 0.686. The molecule has 1 aromatic carbocycles. The molecular weight excluding hydrogens is 266 g/mol. The lowest BCUT2D eigenvalue weighted by atomic mass is 10.3. The molecule has 96 valence electrons. The molecule has 0 aliphatic heterocycles. The van der Waals surface area contributed by atoms with Crippen LogP contribution in [0.4, 0.5) is 5.69 Å². The number of thioether (sulfide) groups is 1. The number of benzene rings is 1. The Morgan fingerprint density at radius 2 is 2.33 bits per heavy atom. The van der Waals surface area contributed by atoms with Crippen LogP contribution >= 0.6 is 23.1 Å². The topological polar surface area (TPSA) is 54.0 Å². The van der Waals surface area contributed by atoms with Crippen LogP contribution in [-0.2, 0) is 4.79 Å². The van der Waals surface area contributed by atoms with Gasteiger partial charge in [-0.2, -0.15) is 0 Å². The first-order valence-corrected chi connectivity index (χ1v) is 7.66. The third-order valence-electron chi connectivity index (χ3n) is 2.43. The normalized spacial score (nSPS) is 10.8. The van der Waals surface area contributed by atoms with E-state index in [1.165, 1.54) is 0 Å². The van der Waals surface area contributed by atoms with Crippen LogP contribution in [0.1, 0.15) is 6.42 Å². The van der Waals surface area contributed by atoms with Crippen LogP contribution < -0.4 is 10.6 Å². The van der Waals surface area contributed by atoms with E-state index in [2.05, 4.69) is 15.6 Å². The molecule has 2 N–H and O–H groups in total. The zero-order valence-electron chi connectivity index (χ0n) is 10.3. The number of hydrogen-bond donors (Lipinski definition) is 2. The SMILES string of the molecule is CNCCC(=O)Nc1ccc2nc(SC)sc2c1. The molecule has 1 amide bonds. The Bertz CT molecular complexity index is 553. The molecular formula is C12H15N3OS2. The van der Waals surface area contributed by atoms with Crippen LogP contribution in [0.3, 0.4) is 0 Å². The molecule has 2 rings (SSSR count). The predicted molar refractivity (Wildman–Crippen MR) is 78.6 cm³/mol. The summed E-state index contributed by atoms with van der Waals surface area (Å²) in [4.78, 5) is 16.1. The Morgan fingerprint density at radius 3 is 3.06 bits per heavy atom. The van der Waals surface area contributed by atoms with Crippen LogP contribution in [0.15, 0.2) is 22.5 Å². The Hall–Kier alpha value is -1.11. The highest BCUT2D eigenvalue weighted by Gasteiger charge is 2.06. The molecule has 1 aromatic heterocycles. The molecule has 0 saturated heterocycles. The van der Waals surface area contributed by atoms with Gasteiger partial charge in [-0.25, -0.2) is 4.98 Å². The van der Waals surface area contributed by atoms with E-state index in [0.717, 1.165) is 20.2 Å². The first-order valence-electron chi connectivity index (χ1n) is 5.62. The van der Waals surface area contributed by atoms with Crippen molar-refractivity contribution >= 4 is 44.9 Å². The summed E-state index contributed by atoms with van der Waals surface area (Å²) in [7, 11) is 1.83. The fourth-order valence-corrected chi connectivity index (χ4v) is 3.06. The van der Waals surface area contributed by atoms with Crippen LogP contribution in [0.5, 0.6) is 0 Å². The molecule has 0 unspecified atom stereocenters. The summed E-state index contributed by atoms with van der Waals surface area (Å²) in [6.07, 6.45) is 2.49. The average molecular weight is 281 g/mol. The second kappa shape index (κ2) is 6.17. The Morgan fingerprint density at radius 1 is 1.50 bits per heavy atom. The van der Waals surface area contributed by atoms with Gasteiger partial charge in [0.15, 0.2) is 4.34 Å². The Labute approximate surface area is 114 Å². The lowest BCUT2D eigenvalue weighted by molar-refractivity contribution is -0.116. The van der Waals surface area contributed by atoms with Gasteiger partial charge in [0.05, 0.1) is 10.2 Å². The van der Waals surface area contributed by atoms with Crippen LogP contribution in [-0.4, -0.2) is 30.7 Å². The number of fused-ring (bicyclic) bond motifs is 1. The zero-order valence-corrected chi connectivity index (χ0v) is 12.0. The summed E-state index contributed by atoms with van der Waals surface area (Å²) in [6, 6.07) is 5.81. The number of amides is 1. The van der Waals surface area contributed by atoms with Gasteiger partial charge in [0.25, 0.3) is 0 Å². The van der Waals surface area contributed by atoms with Gasteiger partial charge in [-0.05, 0) is 31.5 Å². The first-order chi connectivity index (χ1) is 8.72. The number of aromatic nitrogens is 1. The van der Waals surface area contributed by atoms with Gasteiger partial charge >= 0.3 is 0 Å². The number of thiazole rings is 1. The third-order valence-corrected chi connectivity index (χ3v) is 4.43. The van der Waals surface area contributed by atoms with E-state index in [9.17, 15) is 4.79 Å². The quantitative estimate of drug-likeness (QED) is 0.827. The van der Waals surface area contributed by atoms with Gasteiger partial charge in [0.1, 0.15) is 0 Å². The molecule has 4 nitrogen and oxygen atoms in total. The summed E-state index contributed by atoms with van der Waals surface area (Å²) in [5.74, 6) is 0.0262. The monoisotopic (exact) mass is 281 g/mol. The molecule has 1 heterocycles. The minimum Gasteiger partial charge on any atom is -0.326 e. The minimum absolute atomic E-state index is 0.0262. The van der Waals surface area contributed by atoms with Crippen molar-refractivity contribution in [2.75, 3.05) is 25.2 Å². The van der Waals surface area contributed by atoms with E-state index < -0.39 is 0 Å². The third kappa shape index (κ3) is 3.22. The maximum Gasteiger partial charge on any atom is 0.225 e. The van der Waals surface area contributed by atoms with Crippen LogP contribution in [0.25, 0.3) is 10.2 Å². The number of nitrogens with zero attached hydrogens (tertiary/aromatic N) is 1. The number of anilines is 1. The average Bonchev–Trinajstić information content (AvgIpc) is 2.78. The van der Waals surface area contributed by atoms with Crippen LogP contribution in [0.2, 0.25) is 0 Å². The van der Waals surface area contributed by atoms with Crippen LogP contribution in [0, 0.1) is 0 Å². The molecule has 0 fully saturated rings. The summed E-state index contributed by atoms with van der Waals surface area (Å²) in [5.41, 5.74) is 1.82. The van der Waals surface area contributed by atoms with Crippen molar-refractivity contribution < 1.29 is 4.79 Å². The Kier molecular flexibility index (Phi) is 4.57. The van der Waals surface area contributed by atoms with Gasteiger partial charge in [-0.15, -0.1) is 11.3 Å². The van der Waals surface area contributed by atoms with Crippen molar-refractivity contribution in [2.45, 2.75) is 10.8 Å². The molecule has 0 radical (unpaired) electrons. The highest BCUT2D eigenvalue weighted by atomic mass is 32.2. The molecule has 0 atom stereocenters. The van der Waals surface area contributed by atoms with Crippen molar-refractivity contribution in [3.05, 3.63) is 18.2 Å². The molecule has 0 aliphatic rings. The number of carbonyl (C=O) groups is 1. The lowest BCUT2D eigenvalue weighted by Gasteiger charge is -2.04. The second-order valence-electron chi connectivity index (χ2n) is 3.77. The van der Waals surface area contributed by atoms with Crippen molar-refractivity contribution in [2.24, 2.45) is 0 Å². The molecule has 0 bridgehead atoms. The fourth-order valence-electron chi connectivity index (χ4n) is 1.53. The highest BCUT2D eigenvalue weighted by Crippen LogP contribution is 2.29. The lowest BCUT2D eigenvalue weighted by Crippen LogP contribution is -2.18. The second-order valence-corrected chi connectivity index (χ2v) is 5.85. The molecule has 0 spiro atoms. The number of rotatable bonds is 5. The van der Waals surface area contributed by atoms with E-state index in [1.807, 2.05) is 31.5 Å². The van der Waals surface area contributed by atoms with Crippen molar-refractivity contribution in [3.63, 3.8) is 0 Å². The Balaban J connectivity index is 2.11. The van der Waals surface area contributed by atoms with E-state index in [-0.39, 0.29) is 5.91 Å². The minimum atomic E-state index is 0.0262. The van der Waals surface area contributed by atoms with Gasteiger partial charge in [0, 0.05) is 18.7 Å². The van der Waals surface area contributed by atoms with Gasteiger partial charge in [0.2, 0.25) is 5.91 Å². The molecule has 6 heteroatoms. The van der Waals surface area contributed by atoms with E-state index in [4.69, 9.17) is 0 Å². The largest absolute Gasteiger partial charge is 0.326 e. The van der Waals surface area contributed by atoms with E-state index in [1.54, 1.807) is 23.1 Å². The summed E-state index contributed by atoms with van der Waals surface area (Å²) < 4.78 is 2.15. The van der Waals surface area contributed by atoms with E-state index >= 15 is 0 Å². The summed E-state index contributed by atoms with van der Waals surface area (Å²) >= 11 is 3.28. The first kappa shape index (κ1) is 13.3. The number of nitrogens with one attached hydrogen (secondary N) is 2. The number of carbonyl (C=O) groups excluding carboxylic acids is 1.